The van der Waals surface area contributed by atoms with Crippen molar-refractivity contribution >= 4 is 0 Å². The Morgan fingerprint density at radius 3 is 2.47 bits per heavy atom. The van der Waals surface area contributed by atoms with Crippen LogP contribution in [-0.2, 0) is 6.42 Å². The average molecular weight is 202 g/mol. The summed E-state index contributed by atoms with van der Waals surface area (Å²) in [5.74, 6) is 1.25. The maximum atomic E-state index is 4.98. The van der Waals surface area contributed by atoms with Gasteiger partial charge in [0.2, 0.25) is 0 Å². The summed E-state index contributed by atoms with van der Waals surface area (Å²) in [5.41, 5.74) is 2.31. The maximum Gasteiger partial charge on any atom is 0.257 e. The van der Waals surface area contributed by atoms with E-state index in [1.807, 2.05) is 12.1 Å². The highest BCUT2D eigenvalue weighted by molar-refractivity contribution is 5.52. The molecule has 3 nitrogen and oxygen atoms in total. The van der Waals surface area contributed by atoms with Crippen molar-refractivity contribution in [1.29, 1.82) is 0 Å². The van der Waals surface area contributed by atoms with Gasteiger partial charge in [-0.2, -0.15) is 4.98 Å². The second-order valence-corrected chi connectivity index (χ2v) is 4.04. The van der Waals surface area contributed by atoms with E-state index >= 15 is 0 Å². The van der Waals surface area contributed by atoms with E-state index in [1.165, 1.54) is 11.9 Å². The molecule has 1 heterocycles. The van der Waals surface area contributed by atoms with Crippen LogP contribution < -0.4 is 0 Å². The number of hydrogen-bond acceptors (Lipinski definition) is 3. The molecule has 0 fully saturated rings. The lowest BCUT2D eigenvalue weighted by Crippen LogP contribution is -1.93. The molecular formula is C12H14N2O. The summed E-state index contributed by atoms with van der Waals surface area (Å²) in [5, 5.41) is 3.58. The Morgan fingerprint density at radius 2 is 1.93 bits per heavy atom. The topological polar surface area (TPSA) is 38.9 Å². The second kappa shape index (κ2) is 4.26. The summed E-state index contributed by atoms with van der Waals surface area (Å²) in [7, 11) is 0. The van der Waals surface area contributed by atoms with E-state index in [0.29, 0.717) is 11.8 Å². The maximum absolute atomic E-state index is 4.98. The quantitative estimate of drug-likeness (QED) is 0.768. The van der Waals surface area contributed by atoms with Gasteiger partial charge in [0.1, 0.15) is 0 Å². The molecule has 1 aromatic heterocycles. The van der Waals surface area contributed by atoms with Crippen LogP contribution in [0.4, 0.5) is 0 Å². The highest BCUT2D eigenvalue weighted by Crippen LogP contribution is 2.17. The van der Waals surface area contributed by atoms with Crippen LogP contribution in [0.3, 0.4) is 0 Å². The van der Waals surface area contributed by atoms with Gasteiger partial charge in [0.25, 0.3) is 5.89 Å². The molecule has 0 amide bonds. The first-order valence-electron chi connectivity index (χ1n) is 5.11. The van der Waals surface area contributed by atoms with Gasteiger partial charge in [-0.05, 0) is 30.0 Å². The molecule has 2 aromatic rings. The third kappa shape index (κ3) is 2.43. The van der Waals surface area contributed by atoms with E-state index < -0.39 is 0 Å². The lowest BCUT2D eigenvalue weighted by molar-refractivity contribution is 0.430. The van der Waals surface area contributed by atoms with Gasteiger partial charge in [-0.1, -0.05) is 31.1 Å². The first kappa shape index (κ1) is 9.90. The summed E-state index contributed by atoms with van der Waals surface area (Å²) in [4.78, 5) is 4.00. The minimum absolute atomic E-state index is 0.575. The Morgan fingerprint density at radius 1 is 1.20 bits per heavy atom. The first-order valence-corrected chi connectivity index (χ1v) is 5.11. The molecule has 0 atom stereocenters. The van der Waals surface area contributed by atoms with Crippen LogP contribution in [0.1, 0.15) is 19.4 Å². The Hall–Kier alpha value is -1.64. The normalized spacial score (nSPS) is 10.9. The molecule has 0 unspecified atom stereocenters. The van der Waals surface area contributed by atoms with Gasteiger partial charge in [-0.3, -0.25) is 0 Å². The molecule has 78 valence electrons. The Balaban J connectivity index is 2.17. The van der Waals surface area contributed by atoms with Crippen molar-refractivity contribution in [3.8, 4) is 11.5 Å². The molecule has 1 aromatic carbocycles. The monoisotopic (exact) mass is 202 g/mol. The van der Waals surface area contributed by atoms with Gasteiger partial charge >= 0.3 is 0 Å². The average Bonchev–Trinajstić information content (AvgIpc) is 2.71. The zero-order valence-electron chi connectivity index (χ0n) is 8.97. The molecule has 0 N–H and O–H groups in total. The third-order valence-corrected chi connectivity index (χ3v) is 2.21. The predicted molar refractivity (Wildman–Crippen MR) is 58.3 cm³/mol. The fourth-order valence-corrected chi connectivity index (χ4v) is 1.56. The number of rotatable bonds is 3. The van der Waals surface area contributed by atoms with Crippen molar-refractivity contribution in [1.82, 2.24) is 10.1 Å². The molecule has 0 aliphatic heterocycles. The van der Waals surface area contributed by atoms with Gasteiger partial charge < -0.3 is 4.52 Å². The molecule has 15 heavy (non-hydrogen) atoms. The van der Waals surface area contributed by atoms with Crippen molar-refractivity contribution in [2.24, 2.45) is 5.92 Å². The summed E-state index contributed by atoms with van der Waals surface area (Å²) in [6.45, 7) is 4.43. The van der Waals surface area contributed by atoms with Crippen LogP contribution in [0.5, 0.6) is 0 Å². The van der Waals surface area contributed by atoms with Crippen molar-refractivity contribution in [2.45, 2.75) is 20.3 Å². The van der Waals surface area contributed by atoms with Crippen LogP contribution >= 0.6 is 0 Å². The molecule has 2 rings (SSSR count). The smallest absolute Gasteiger partial charge is 0.257 e. The number of hydrogen-bond donors (Lipinski definition) is 0. The van der Waals surface area contributed by atoms with Gasteiger partial charge in [0.15, 0.2) is 6.33 Å². The van der Waals surface area contributed by atoms with E-state index in [-0.39, 0.29) is 0 Å². The van der Waals surface area contributed by atoms with E-state index in [4.69, 9.17) is 4.52 Å². The van der Waals surface area contributed by atoms with Crippen molar-refractivity contribution in [3.05, 3.63) is 36.2 Å². The summed E-state index contributed by atoms with van der Waals surface area (Å²) >= 11 is 0. The van der Waals surface area contributed by atoms with Crippen molar-refractivity contribution < 1.29 is 4.52 Å². The van der Waals surface area contributed by atoms with Crippen LogP contribution in [-0.4, -0.2) is 10.1 Å². The highest BCUT2D eigenvalue weighted by atomic mass is 16.5. The predicted octanol–water partition coefficient (Wildman–Crippen LogP) is 2.94. The fourth-order valence-electron chi connectivity index (χ4n) is 1.56. The van der Waals surface area contributed by atoms with Crippen LogP contribution in [0, 0.1) is 5.92 Å². The molecular weight excluding hydrogens is 188 g/mol. The van der Waals surface area contributed by atoms with Crippen molar-refractivity contribution in [2.75, 3.05) is 0 Å². The number of benzene rings is 1. The van der Waals surface area contributed by atoms with E-state index in [2.05, 4.69) is 36.1 Å². The van der Waals surface area contributed by atoms with Gasteiger partial charge in [0, 0.05) is 5.56 Å². The largest absolute Gasteiger partial charge is 0.334 e. The second-order valence-electron chi connectivity index (χ2n) is 4.04. The van der Waals surface area contributed by atoms with Crippen molar-refractivity contribution in [3.63, 3.8) is 0 Å². The Kier molecular flexibility index (Phi) is 2.81. The minimum atomic E-state index is 0.575. The Bertz CT molecular complexity index is 404. The summed E-state index contributed by atoms with van der Waals surface area (Å²) < 4.78 is 4.98. The number of nitrogens with zero attached hydrogens (tertiary/aromatic N) is 2. The van der Waals surface area contributed by atoms with Gasteiger partial charge in [-0.15, -0.1) is 0 Å². The summed E-state index contributed by atoms with van der Waals surface area (Å²) in [6, 6.07) is 8.26. The molecule has 3 heteroatoms. The fraction of sp³-hybridized carbons (Fsp3) is 0.333. The molecule has 0 aliphatic carbocycles. The molecule has 0 saturated heterocycles. The first-order chi connectivity index (χ1) is 7.25. The van der Waals surface area contributed by atoms with Gasteiger partial charge in [-0.25, -0.2) is 0 Å². The highest BCUT2D eigenvalue weighted by Gasteiger charge is 2.03. The lowest BCUT2D eigenvalue weighted by atomic mass is 10.0. The van der Waals surface area contributed by atoms with Gasteiger partial charge in [0.05, 0.1) is 0 Å². The molecule has 0 saturated carbocycles. The van der Waals surface area contributed by atoms with E-state index in [0.717, 1.165) is 12.0 Å². The zero-order valence-corrected chi connectivity index (χ0v) is 8.97. The minimum Gasteiger partial charge on any atom is -0.334 e. The third-order valence-electron chi connectivity index (χ3n) is 2.21. The number of aromatic nitrogens is 2. The van der Waals surface area contributed by atoms with Crippen LogP contribution in [0.2, 0.25) is 0 Å². The standard InChI is InChI=1S/C12H14N2O/c1-9(2)7-10-3-5-11(6-4-10)12-13-8-14-15-12/h3-6,8-9H,7H2,1-2H3. The molecule has 0 bridgehead atoms. The van der Waals surface area contributed by atoms with Crippen LogP contribution in [0.15, 0.2) is 35.1 Å². The van der Waals surface area contributed by atoms with Crippen LogP contribution in [0.25, 0.3) is 11.5 Å². The molecule has 0 spiro atoms. The Labute approximate surface area is 89.1 Å². The lowest BCUT2D eigenvalue weighted by Gasteiger charge is -2.04. The zero-order chi connectivity index (χ0) is 10.7. The molecule has 0 aliphatic rings. The molecule has 0 radical (unpaired) electrons. The van der Waals surface area contributed by atoms with E-state index in [9.17, 15) is 0 Å². The summed E-state index contributed by atoms with van der Waals surface area (Å²) in [6.07, 6.45) is 2.52. The SMILES string of the molecule is CC(C)Cc1ccc(-c2ncno2)cc1. The van der Waals surface area contributed by atoms with E-state index in [1.54, 1.807) is 0 Å².